The van der Waals surface area contributed by atoms with Crippen molar-refractivity contribution in [3.63, 3.8) is 0 Å². The standard InChI is InChI=1S/C13H15N3O2/c1-18-12(17)8-5-6-10-11(7-8)16(13(14)15-10)9-3-2-4-9/h5-7,9H,2-4H2,1H3,(H2,14,15). The average molecular weight is 245 g/mol. The third kappa shape index (κ3) is 1.54. The minimum absolute atomic E-state index is 0.336. The van der Waals surface area contributed by atoms with E-state index in [9.17, 15) is 4.79 Å². The third-order valence-corrected chi connectivity index (χ3v) is 3.58. The molecule has 3 rings (SSSR count). The fourth-order valence-electron chi connectivity index (χ4n) is 2.39. The highest BCUT2D eigenvalue weighted by Crippen LogP contribution is 2.36. The number of methoxy groups -OCH3 is 1. The van der Waals surface area contributed by atoms with Crippen LogP contribution in [-0.2, 0) is 4.74 Å². The molecule has 2 aromatic rings. The monoisotopic (exact) mass is 245 g/mol. The lowest BCUT2D eigenvalue weighted by Crippen LogP contribution is -2.18. The predicted molar refractivity (Wildman–Crippen MR) is 68.4 cm³/mol. The van der Waals surface area contributed by atoms with Crippen LogP contribution in [0, 0.1) is 0 Å². The summed E-state index contributed by atoms with van der Waals surface area (Å²) in [5, 5.41) is 0. The molecule has 0 unspecified atom stereocenters. The molecule has 94 valence electrons. The van der Waals surface area contributed by atoms with E-state index >= 15 is 0 Å². The molecule has 1 aliphatic rings. The SMILES string of the molecule is COC(=O)c1ccc2nc(N)n(C3CCC3)c2c1. The minimum atomic E-state index is -0.336. The highest BCUT2D eigenvalue weighted by molar-refractivity contribution is 5.94. The summed E-state index contributed by atoms with van der Waals surface area (Å²) in [4.78, 5) is 15.9. The number of nitrogens with two attached hydrogens (primary N) is 1. The molecule has 5 heteroatoms. The van der Waals surface area contributed by atoms with Gasteiger partial charge in [0.1, 0.15) is 0 Å². The Balaban J connectivity index is 2.15. The molecule has 1 fully saturated rings. The summed E-state index contributed by atoms with van der Waals surface area (Å²) in [6.07, 6.45) is 3.47. The Bertz CT molecular complexity index is 614. The zero-order valence-corrected chi connectivity index (χ0v) is 10.2. The van der Waals surface area contributed by atoms with Gasteiger partial charge in [0.2, 0.25) is 5.95 Å². The molecule has 0 radical (unpaired) electrons. The molecule has 1 saturated carbocycles. The van der Waals surface area contributed by atoms with E-state index < -0.39 is 0 Å². The Morgan fingerprint density at radius 2 is 2.28 bits per heavy atom. The van der Waals surface area contributed by atoms with Crippen LogP contribution in [0.25, 0.3) is 11.0 Å². The molecule has 0 saturated heterocycles. The Hall–Kier alpha value is -2.04. The summed E-state index contributed by atoms with van der Waals surface area (Å²) in [5.41, 5.74) is 8.23. The third-order valence-electron chi connectivity index (χ3n) is 3.58. The molecule has 1 aromatic carbocycles. The minimum Gasteiger partial charge on any atom is -0.465 e. The Labute approximate surface area is 105 Å². The van der Waals surface area contributed by atoms with Gasteiger partial charge in [-0.3, -0.25) is 0 Å². The van der Waals surface area contributed by atoms with Crippen molar-refractivity contribution < 1.29 is 9.53 Å². The fraction of sp³-hybridized carbons (Fsp3) is 0.385. The molecule has 0 amide bonds. The summed E-state index contributed by atoms with van der Waals surface area (Å²) in [6.45, 7) is 0. The first kappa shape index (κ1) is 11.1. The van der Waals surface area contributed by atoms with Crippen molar-refractivity contribution >= 4 is 23.0 Å². The van der Waals surface area contributed by atoms with Crippen LogP contribution >= 0.6 is 0 Å². The van der Waals surface area contributed by atoms with Gasteiger partial charge < -0.3 is 15.0 Å². The topological polar surface area (TPSA) is 70.1 Å². The van der Waals surface area contributed by atoms with E-state index in [2.05, 4.69) is 4.98 Å². The van der Waals surface area contributed by atoms with Crippen molar-refractivity contribution in [3.05, 3.63) is 23.8 Å². The highest BCUT2D eigenvalue weighted by Gasteiger charge is 2.24. The number of nitrogens with zero attached hydrogens (tertiary/aromatic N) is 2. The van der Waals surface area contributed by atoms with E-state index in [0.717, 1.165) is 23.9 Å². The van der Waals surface area contributed by atoms with Crippen molar-refractivity contribution in [2.45, 2.75) is 25.3 Å². The average Bonchev–Trinajstić information content (AvgIpc) is 2.63. The van der Waals surface area contributed by atoms with Crippen molar-refractivity contribution in [1.82, 2.24) is 9.55 Å². The van der Waals surface area contributed by atoms with Gasteiger partial charge in [-0.05, 0) is 37.5 Å². The number of ether oxygens (including phenoxy) is 1. The first-order chi connectivity index (χ1) is 8.70. The largest absolute Gasteiger partial charge is 0.465 e. The summed E-state index contributed by atoms with van der Waals surface area (Å²) in [5.74, 6) is 0.188. The molecule has 5 nitrogen and oxygen atoms in total. The molecule has 0 spiro atoms. The number of anilines is 1. The van der Waals surface area contributed by atoms with E-state index in [0.29, 0.717) is 17.6 Å². The molecule has 1 aliphatic carbocycles. The number of carbonyl (C=O) groups excluding carboxylic acids is 1. The Morgan fingerprint density at radius 1 is 1.50 bits per heavy atom. The summed E-state index contributed by atoms with van der Waals surface area (Å²) in [6, 6.07) is 5.75. The number of nitrogen functional groups attached to an aromatic ring is 1. The molecule has 1 heterocycles. The van der Waals surface area contributed by atoms with Crippen molar-refractivity contribution in [3.8, 4) is 0 Å². The van der Waals surface area contributed by atoms with Crippen LogP contribution in [0.15, 0.2) is 18.2 Å². The molecule has 0 atom stereocenters. The molecule has 2 N–H and O–H groups in total. The smallest absolute Gasteiger partial charge is 0.337 e. The van der Waals surface area contributed by atoms with Gasteiger partial charge in [0.15, 0.2) is 0 Å². The molecule has 0 aliphatic heterocycles. The number of carbonyl (C=O) groups is 1. The zero-order chi connectivity index (χ0) is 12.7. The molecule has 0 bridgehead atoms. The number of hydrogen-bond donors (Lipinski definition) is 1. The van der Waals surface area contributed by atoms with Crippen LogP contribution < -0.4 is 5.73 Å². The maximum Gasteiger partial charge on any atom is 0.337 e. The fourth-order valence-corrected chi connectivity index (χ4v) is 2.39. The molecule has 1 aromatic heterocycles. The Morgan fingerprint density at radius 3 is 2.89 bits per heavy atom. The number of fused-ring (bicyclic) bond motifs is 1. The normalized spacial score (nSPS) is 15.6. The van der Waals surface area contributed by atoms with Gasteiger partial charge in [0.25, 0.3) is 0 Å². The lowest BCUT2D eigenvalue weighted by molar-refractivity contribution is 0.0601. The summed E-state index contributed by atoms with van der Waals surface area (Å²) in [7, 11) is 1.38. The van der Waals surface area contributed by atoms with E-state index in [-0.39, 0.29) is 5.97 Å². The van der Waals surface area contributed by atoms with Gasteiger partial charge in [0, 0.05) is 6.04 Å². The van der Waals surface area contributed by atoms with Crippen molar-refractivity contribution in [2.75, 3.05) is 12.8 Å². The van der Waals surface area contributed by atoms with Gasteiger partial charge in [-0.2, -0.15) is 0 Å². The van der Waals surface area contributed by atoms with Gasteiger partial charge >= 0.3 is 5.97 Å². The Kier molecular flexibility index (Phi) is 2.47. The van der Waals surface area contributed by atoms with Gasteiger partial charge in [-0.1, -0.05) is 0 Å². The van der Waals surface area contributed by atoms with E-state index in [1.807, 2.05) is 16.7 Å². The number of esters is 1. The van der Waals surface area contributed by atoms with Crippen LogP contribution in [0.4, 0.5) is 5.95 Å². The summed E-state index contributed by atoms with van der Waals surface area (Å²) >= 11 is 0. The van der Waals surface area contributed by atoms with Crippen LogP contribution in [0.3, 0.4) is 0 Å². The van der Waals surface area contributed by atoms with Crippen LogP contribution in [0.2, 0.25) is 0 Å². The highest BCUT2D eigenvalue weighted by atomic mass is 16.5. The quantitative estimate of drug-likeness (QED) is 0.823. The van der Waals surface area contributed by atoms with Crippen LogP contribution in [0.5, 0.6) is 0 Å². The molecule has 18 heavy (non-hydrogen) atoms. The first-order valence-electron chi connectivity index (χ1n) is 6.06. The second-order valence-corrected chi connectivity index (χ2v) is 4.62. The van der Waals surface area contributed by atoms with Crippen molar-refractivity contribution in [1.29, 1.82) is 0 Å². The number of hydrogen-bond acceptors (Lipinski definition) is 4. The number of aromatic nitrogens is 2. The van der Waals surface area contributed by atoms with Crippen LogP contribution in [-0.4, -0.2) is 22.6 Å². The van der Waals surface area contributed by atoms with E-state index in [4.69, 9.17) is 10.5 Å². The lowest BCUT2D eigenvalue weighted by atomic mass is 9.92. The molecular weight excluding hydrogens is 230 g/mol. The van der Waals surface area contributed by atoms with Crippen LogP contribution in [0.1, 0.15) is 35.7 Å². The van der Waals surface area contributed by atoms with E-state index in [1.165, 1.54) is 13.5 Å². The maximum atomic E-state index is 11.5. The first-order valence-corrected chi connectivity index (χ1v) is 6.06. The van der Waals surface area contributed by atoms with Gasteiger partial charge in [0.05, 0.1) is 23.7 Å². The number of benzene rings is 1. The van der Waals surface area contributed by atoms with Gasteiger partial charge in [-0.15, -0.1) is 0 Å². The second kappa shape index (κ2) is 4.01. The zero-order valence-electron chi connectivity index (χ0n) is 10.2. The lowest BCUT2D eigenvalue weighted by Gasteiger charge is -2.28. The van der Waals surface area contributed by atoms with Gasteiger partial charge in [-0.25, -0.2) is 9.78 Å². The number of rotatable bonds is 2. The molecular formula is C13H15N3O2. The second-order valence-electron chi connectivity index (χ2n) is 4.62. The summed E-state index contributed by atoms with van der Waals surface area (Å²) < 4.78 is 6.77. The van der Waals surface area contributed by atoms with Crippen molar-refractivity contribution in [2.24, 2.45) is 0 Å². The predicted octanol–water partition coefficient (Wildman–Crippen LogP) is 2.13. The maximum absolute atomic E-state index is 11.5. The van der Waals surface area contributed by atoms with E-state index in [1.54, 1.807) is 6.07 Å². The number of imidazole rings is 1.